The van der Waals surface area contributed by atoms with Gasteiger partial charge in [-0.25, -0.2) is 0 Å². The second-order valence-corrected chi connectivity index (χ2v) is 3.84. The Morgan fingerprint density at radius 2 is 2.07 bits per heavy atom. The Bertz CT molecular complexity index is 288. The van der Waals surface area contributed by atoms with E-state index in [1.165, 1.54) is 11.1 Å². The van der Waals surface area contributed by atoms with Crippen LogP contribution in [0.1, 0.15) is 24.2 Å². The first kappa shape index (κ1) is 9.69. The Morgan fingerprint density at radius 3 is 2.64 bits per heavy atom. The molecular formula is C12H16O2. The predicted molar refractivity (Wildman–Crippen MR) is 55.3 cm³/mol. The molecule has 1 heterocycles. The van der Waals surface area contributed by atoms with Gasteiger partial charge in [0.1, 0.15) is 6.10 Å². The first-order chi connectivity index (χ1) is 6.75. The predicted octanol–water partition coefficient (Wildman–Crippen LogP) is 2.47. The number of hydrogen-bond acceptors (Lipinski definition) is 2. The number of ether oxygens (including phenoxy) is 2. The van der Waals surface area contributed by atoms with E-state index < -0.39 is 0 Å². The van der Waals surface area contributed by atoms with E-state index in [4.69, 9.17) is 9.47 Å². The van der Waals surface area contributed by atoms with Crippen LogP contribution in [0.3, 0.4) is 0 Å². The SMILES string of the molecule is Cc1ccc([C@@H](C)OC[C@@H]2CO2)cc1. The van der Waals surface area contributed by atoms with Gasteiger partial charge in [0.25, 0.3) is 0 Å². The molecule has 76 valence electrons. The number of hydrogen-bond donors (Lipinski definition) is 0. The first-order valence-electron chi connectivity index (χ1n) is 5.05. The Morgan fingerprint density at radius 1 is 1.43 bits per heavy atom. The third-order valence-corrected chi connectivity index (χ3v) is 2.48. The van der Waals surface area contributed by atoms with E-state index in [0.717, 1.165) is 13.2 Å². The van der Waals surface area contributed by atoms with Crippen molar-refractivity contribution in [2.24, 2.45) is 0 Å². The molecule has 2 rings (SSSR count). The van der Waals surface area contributed by atoms with Gasteiger partial charge in [-0.1, -0.05) is 29.8 Å². The van der Waals surface area contributed by atoms with Crippen LogP contribution in [0.5, 0.6) is 0 Å². The Labute approximate surface area is 84.8 Å². The smallest absolute Gasteiger partial charge is 0.104 e. The third-order valence-electron chi connectivity index (χ3n) is 2.48. The van der Waals surface area contributed by atoms with E-state index in [2.05, 4.69) is 38.1 Å². The van der Waals surface area contributed by atoms with E-state index in [1.54, 1.807) is 0 Å². The van der Waals surface area contributed by atoms with Gasteiger partial charge in [0.15, 0.2) is 0 Å². The molecule has 2 atom stereocenters. The van der Waals surface area contributed by atoms with Gasteiger partial charge < -0.3 is 9.47 Å². The van der Waals surface area contributed by atoms with Crippen molar-refractivity contribution in [2.45, 2.75) is 26.1 Å². The highest BCUT2D eigenvalue weighted by Crippen LogP contribution is 2.19. The van der Waals surface area contributed by atoms with E-state index >= 15 is 0 Å². The minimum Gasteiger partial charge on any atom is -0.371 e. The topological polar surface area (TPSA) is 21.8 Å². The Balaban J connectivity index is 1.88. The largest absolute Gasteiger partial charge is 0.371 e. The molecule has 1 fully saturated rings. The van der Waals surface area contributed by atoms with Gasteiger partial charge in [0, 0.05) is 0 Å². The second-order valence-electron chi connectivity index (χ2n) is 3.84. The summed E-state index contributed by atoms with van der Waals surface area (Å²) < 4.78 is 10.8. The van der Waals surface area contributed by atoms with Crippen LogP contribution in [0.25, 0.3) is 0 Å². The lowest BCUT2D eigenvalue weighted by Gasteiger charge is -2.12. The van der Waals surface area contributed by atoms with Gasteiger partial charge in [-0.15, -0.1) is 0 Å². The zero-order valence-electron chi connectivity index (χ0n) is 8.69. The number of rotatable bonds is 4. The van der Waals surface area contributed by atoms with Gasteiger partial charge in [-0.2, -0.15) is 0 Å². The molecule has 0 radical (unpaired) electrons. The molecular weight excluding hydrogens is 176 g/mol. The standard InChI is InChI=1S/C12H16O2/c1-9-3-5-11(6-4-9)10(2)13-7-12-8-14-12/h3-6,10,12H,7-8H2,1-2H3/t10-,12-/m1/s1. The van der Waals surface area contributed by atoms with Gasteiger partial charge in [0.05, 0.1) is 19.3 Å². The van der Waals surface area contributed by atoms with Crippen molar-refractivity contribution in [1.82, 2.24) is 0 Å². The van der Waals surface area contributed by atoms with Crippen molar-refractivity contribution in [3.63, 3.8) is 0 Å². The molecule has 14 heavy (non-hydrogen) atoms. The molecule has 0 amide bonds. The molecule has 0 unspecified atom stereocenters. The Hall–Kier alpha value is -0.860. The quantitative estimate of drug-likeness (QED) is 0.683. The van der Waals surface area contributed by atoms with Crippen molar-refractivity contribution >= 4 is 0 Å². The highest BCUT2D eigenvalue weighted by atomic mass is 16.6. The van der Waals surface area contributed by atoms with Gasteiger partial charge in [-0.3, -0.25) is 0 Å². The van der Waals surface area contributed by atoms with Crippen LogP contribution >= 0.6 is 0 Å². The van der Waals surface area contributed by atoms with Gasteiger partial charge in [0.2, 0.25) is 0 Å². The highest BCUT2D eigenvalue weighted by Gasteiger charge is 2.23. The molecule has 2 nitrogen and oxygen atoms in total. The molecule has 0 N–H and O–H groups in total. The molecule has 0 aliphatic carbocycles. The van der Waals surface area contributed by atoms with Crippen LogP contribution in [-0.2, 0) is 9.47 Å². The number of benzene rings is 1. The highest BCUT2D eigenvalue weighted by molar-refractivity contribution is 5.22. The summed E-state index contributed by atoms with van der Waals surface area (Å²) in [5, 5.41) is 0. The van der Waals surface area contributed by atoms with Crippen LogP contribution in [0.2, 0.25) is 0 Å². The summed E-state index contributed by atoms with van der Waals surface area (Å²) in [4.78, 5) is 0. The molecule has 1 aliphatic rings. The minimum atomic E-state index is 0.166. The second kappa shape index (κ2) is 4.11. The summed E-state index contributed by atoms with van der Waals surface area (Å²) in [5.74, 6) is 0. The molecule has 0 aromatic heterocycles. The fourth-order valence-corrected chi connectivity index (χ4v) is 1.35. The van der Waals surface area contributed by atoms with E-state index in [1.807, 2.05) is 0 Å². The Kier molecular flexibility index (Phi) is 2.85. The maximum Gasteiger partial charge on any atom is 0.104 e. The monoisotopic (exact) mass is 192 g/mol. The maximum absolute atomic E-state index is 5.67. The lowest BCUT2D eigenvalue weighted by atomic mass is 10.1. The summed E-state index contributed by atoms with van der Waals surface area (Å²) in [5.41, 5.74) is 2.52. The van der Waals surface area contributed by atoms with E-state index in [-0.39, 0.29) is 6.10 Å². The summed E-state index contributed by atoms with van der Waals surface area (Å²) >= 11 is 0. The maximum atomic E-state index is 5.67. The van der Waals surface area contributed by atoms with Crippen molar-refractivity contribution in [1.29, 1.82) is 0 Å². The van der Waals surface area contributed by atoms with Gasteiger partial charge >= 0.3 is 0 Å². The van der Waals surface area contributed by atoms with Crippen LogP contribution in [0.4, 0.5) is 0 Å². The van der Waals surface area contributed by atoms with Crippen molar-refractivity contribution in [2.75, 3.05) is 13.2 Å². The number of epoxide rings is 1. The van der Waals surface area contributed by atoms with Gasteiger partial charge in [-0.05, 0) is 19.4 Å². The summed E-state index contributed by atoms with van der Waals surface area (Å²) in [6.07, 6.45) is 0.516. The summed E-state index contributed by atoms with van der Waals surface area (Å²) in [6.45, 7) is 5.75. The molecule has 1 aromatic rings. The average molecular weight is 192 g/mol. The fraction of sp³-hybridized carbons (Fsp3) is 0.500. The van der Waals surface area contributed by atoms with Crippen LogP contribution in [0.15, 0.2) is 24.3 Å². The van der Waals surface area contributed by atoms with E-state index in [9.17, 15) is 0 Å². The lowest BCUT2D eigenvalue weighted by molar-refractivity contribution is 0.0540. The zero-order chi connectivity index (χ0) is 9.97. The summed E-state index contributed by atoms with van der Waals surface area (Å²) in [7, 11) is 0. The molecule has 1 aromatic carbocycles. The molecule has 0 spiro atoms. The molecule has 2 heteroatoms. The van der Waals surface area contributed by atoms with E-state index in [0.29, 0.717) is 6.10 Å². The molecule has 0 saturated carbocycles. The summed E-state index contributed by atoms with van der Waals surface area (Å²) in [6, 6.07) is 8.47. The molecule has 1 saturated heterocycles. The van der Waals surface area contributed by atoms with Crippen LogP contribution in [0, 0.1) is 6.92 Å². The normalized spacial score (nSPS) is 22.0. The molecule has 0 bridgehead atoms. The first-order valence-corrected chi connectivity index (χ1v) is 5.05. The van der Waals surface area contributed by atoms with Crippen molar-refractivity contribution < 1.29 is 9.47 Å². The lowest BCUT2D eigenvalue weighted by Crippen LogP contribution is -2.05. The third kappa shape index (κ3) is 2.56. The van der Waals surface area contributed by atoms with Crippen LogP contribution < -0.4 is 0 Å². The van der Waals surface area contributed by atoms with Crippen LogP contribution in [-0.4, -0.2) is 19.3 Å². The zero-order valence-corrected chi connectivity index (χ0v) is 8.69. The average Bonchev–Trinajstić information content (AvgIpc) is 2.99. The minimum absolute atomic E-state index is 0.166. The van der Waals surface area contributed by atoms with Crippen molar-refractivity contribution in [3.8, 4) is 0 Å². The molecule has 1 aliphatic heterocycles. The number of aryl methyl sites for hydroxylation is 1. The van der Waals surface area contributed by atoms with Crippen molar-refractivity contribution in [3.05, 3.63) is 35.4 Å². The fourth-order valence-electron chi connectivity index (χ4n) is 1.35.